The number of hydrogen-bond donors (Lipinski definition) is 0. The molecule has 0 aliphatic carbocycles. The Morgan fingerprint density at radius 3 is 1.43 bits per heavy atom. The molecule has 0 amide bonds. The molecule has 1 aliphatic heterocycles. The number of rotatable bonds is 39. The first kappa shape index (κ1) is 51.6. The van der Waals surface area contributed by atoms with Crippen LogP contribution in [0, 0.1) is 0 Å². The Hall–Kier alpha value is -2.45. The molecule has 1 atom stereocenters. The normalized spacial score (nSPS) is 14.2. The zero-order valence-corrected chi connectivity index (χ0v) is 36.3. The van der Waals surface area contributed by atoms with Crippen molar-refractivity contribution in [3.63, 3.8) is 0 Å². The van der Waals surface area contributed by atoms with Crippen molar-refractivity contribution in [2.24, 2.45) is 0 Å². The van der Waals surface area contributed by atoms with Crippen LogP contribution >= 0.6 is 0 Å². The summed E-state index contributed by atoms with van der Waals surface area (Å²) in [6, 6.07) is 0. The molecule has 1 fully saturated rings. The van der Waals surface area contributed by atoms with Gasteiger partial charge in [-0.1, -0.05) is 147 Å². The second-order valence-electron chi connectivity index (χ2n) is 15.6. The van der Waals surface area contributed by atoms with E-state index in [2.05, 4.69) is 55.2 Å². The third kappa shape index (κ3) is 33.7. The first-order valence-corrected chi connectivity index (χ1v) is 23.4. The first-order chi connectivity index (χ1) is 27.6. The molecule has 0 aromatic heterocycles. The molecule has 1 saturated heterocycles. The Morgan fingerprint density at radius 1 is 0.518 bits per heavy atom. The number of ether oxygens (including phenoxy) is 4. The average molecular weight is 788 g/mol. The second-order valence-corrected chi connectivity index (χ2v) is 15.6. The third-order valence-electron chi connectivity index (χ3n) is 10.4. The van der Waals surface area contributed by atoms with Gasteiger partial charge in [0.15, 0.2) is 0 Å². The van der Waals surface area contributed by atoms with Crippen LogP contribution < -0.4 is 0 Å². The Bertz CT molecular complexity index is 1000. The number of carbonyl (C=O) groups excluding carboxylic acids is 3. The fraction of sp³-hybridized carbons (Fsp3) is 0.812. The van der Waals surface area contributed by atoms with Gasteiger partial charge in [0.25, 0.3) is 6.10 Å². The summed E-state index contributed by atoms with van der Waals surface area (Å²) >= 11 is 0. The van der Waals surface area contributed by atoms with Gasteiger partial charge in [0.05, 0.1) is 26.4 Å². The van der Waals surface area contributed by atoms with Crippen LogP contribution in [0.3, 0.4) is 0 Å². The maximum Gasteiger partial charge on any atom is 0.359 e. The maximum absolute atomic E-state index is 13.0. The van der Waals surface area contributed by atoms with E-state index in [9.17, 15) is 14.4 Å². The molecular weight excluding hydrogens is 703 g/mol. The minimum Gasteiger partial charge on any atom is -0.462 e. The van der Waals surface area contributed by atoms with Gasteiger partial charge in [-0.15, -0.1) is 0 Å². The molecule has 0 aromatic carbocycles. The lowest BCUT2D eigenvalue weighted by molar-refractivity contribution is -0.180. The summed E-state index contributed by atoms with van der Waals surface area (Å²) < 4.78 is 21.7. The van der Waals surface area contributed by atoms with E-state index in [1.165, 1.54) is 96.3 Å². The van der Waals surface area contributed by atoms with Crippen LogP contribution in [-0.2, 0) is 33.3 Å². The summed E-state index contributed by atoms with van der Waals surface area (Å²) in [7, 11) is 0. The van der Waals surface area contributed by atoms with E-state index >= 15 is 0 Å². The van der Waals surface area contributed by atoms with Crippen molar-refractivity contribution in [1.82, 2.24) is 4.90 Å². The molecule has 0 saturated carbocycles. The van der Waals surface area contributed by atoms with Gasteiger partial charge in [-0.3, -0.25) is 9.69 Å². The molecule has 56 heavy (non-hydrogen) atoms. The summed E-state index contributed by atoms with van der Waals surface area (Å²) in [6.07, 6.45) is 43.9. The zero-order chi connectivity index (χ0) is 40.4. The van der Waals surface area contributed by atoms with E-state index < -0.39 is 24.0 Å². The highest BCUT2D eigenvalue weighted by atomic mass is 16.6. The molecule has 1 aliphatic rings. The van der Waals surface area contributed by atoms with Crippen LogP contribution in [0.5, 0.6) is 0 Å². The van der Waals surface area contributed by atoms with E-state index in [0.29, 0.717) is 19.3 Å². The molecule has 8 nitrogen and oxygen atoms in total. The van der Waals surface area contributed by atoms with Crippen LogP contribution in [0.1, 0.15) is 200 Å². The predicted octanol–water partition coefficient (Wildman–Crippen LogP) is 12.3. The van der Waals surface area contributed by atoms with E-state index in [4.69, 9.17) is 18.9 Å². The highest BCUT2D eigenvalue weighted by Crippen LogP contribution is 2.13. The highest BCUT2D eigenvalue weighted by molar-refractivity contribution is 5.99. The topological polar surface area (TPSA) is 91.4 Å². The van der Waals surface area contributed by atoms with E-state index in [-0.39, 0.29) is 19.6 Å². The van der Waals surface area contributed by atoms with Crippen molar-refractivity contribution >= 4 is 17.9 Å². The van der Waals surface area contributed by atoms with Gasteiger partial charge in [-0.25, -0.2) is 9.59 Å². The monoisotopic (exact) mass is 788 g/mol. The molecule has 1 rings (SSSR count). The van der Waals surface area contributed by atoms with Gasteiger partial charge < -0.3 is 18.9 Å². The van der Waals surface area contributed by atoms with E-state index in [0.717, 1.165) is 97.1 Å². The lowest BCUT2D eigenvalue weighted by Crippen LogP contribution is -2.38. The number of unbranched alkanes of at least 4 members (excludes halogenated alkanes) is 22. The summed E-state index contributed by atoms with van der Waals surface area (Å²) in [5.41, 5.74) is 0. The lowest BCUT2D eigenvalue weighted by atomic mass is 10.1. The summed E-state index contributed by atoms with van der Waals surface area (Å²) in [5.74, 6) is -2.24. The number of nitrogens with zero attached hydrogens (tertiary/aromatic N) is 1. The summed E-state index contributed by atoms with van der Waals surface area (Å²) in [6.45, 7) is 9.05. The van der Waals surface area contributed by atoms with Gasteiger partial charge in [0.2, 0.25) is 0 Å². The van der Waals surface area contributed by atoms with E-state index in [1.807, 2.05) is 0 Å². The minimum absolute atomic E-state index is 0.141. The summed E-state index contributed by atoms with van der Waals surface area (Å²) in [4.78, 5) is 40.9. The lowest BCUT2D eigenvalue weighted by Gasteiger charge is -2.26. The van der Waals surface area contributed by atoms with Crippen molar-refractivity contribution < 1.29 is 33.3 Å². The predicted molar refractivity (Wildman–Crippen MR) is 232 cm³/mol. The van der Waals surface area contributed by atoms with Crippen LogP contribution in [-0.4, -0.2) is 75.0 Å². The smallest absolute Gasteiger partial charge is 0.359 e. The van der Waals surface area contributed by atoms with Gasteiger partial charge >= 0.3 is 17.9 Å². The van der Waals surface area contributed by atoms with Crippen LogP contribution in [0.25, 0.3) is 0 Å². The molecule has 324 valence electrons. The largest absolute Gasteiger partial charge is 0.462 e. The molecule has 0 bridgehead atoms. The van der Waals surface area contributed by atoms with E-state index in [1.54, 1.807) is 0 Å². The van der Waals surface area contributed by atoms with Crippen molar-refractivity contribution in [3.05, 3.63) is 36.5 Å². The number of hydrogen-bond acceptors (Lipinski definition) is 8. The van der Waals surface area contributed by atoms with Gasteiger partial charge in [0, 0.05) is 19.5 Å². The average Bonchev–Trinajstić information content (AvgIpc) is 3.21. The van der Waals surface area contributed by atoms with Crippen LogP contribution in [0.15, 0.2) is 36.5 Å². The number of allylic oxidation sites excluding steroid dienone is 6. The molecule has 0 N–H and O–H groups in total. The van der Waals surface area contributed by atoms with Crippen LogP contribution in [0.2, 0.25) is 0 Å². The minimum atomic E-state index is -1.67. The van der Waals surface area contributed by atoms with Crippen molar-refractivity contribution in [1.29, 1.82) is 0 Å². The zero-order valence-electron chi connectivity index (χ0n) is 36.3. The molecule has 0 radical (unpaired) electrons. The van der Waals surface area contributed by atoms with Gasteiger partial charge in [-0.05, 0) is 90.0 Å². The Morgan fingerprint density at radius 2 is 0.929 bits per heavy atom. The van der Waals surface area contributed by atoms with Gasteiger partial charge in [0.1, 0.15) is 0 Å². The first-order valence-electron chi connectivity index (χ1n) is 23.4. The summed E-state index contributed by atoms with van der Waals surface area (Å²) in [5, 5.41) is 0. The SMILES string of the molecule is CCCCC/C=C\C/C=C\CCCCCCCCOC(=O)C(OC(=O)CCCCN1CCOCC1)C(=O)OCCCCCCCC/C=C\CCCCCCCC. The van der Waals surface area contributed by atoms with Crippen molar-refractivity contribution in [2.75, 3.05) is 46.1 Å². The molecule has 1 heterocycles. The Kier molecular flexibility index (Phi) is 37.5. The molecule has 8 heteroatoms. The standard InChI is InChI=1S/C48H85NO7/c1-3-5-7-9-11-13-15-17-19-21-23-25-27-29-31-35-41-54-47(51)46(56-45(50)37-33-34-38-49-39-43-53-44-40-49)48(52)55-42-36-32-30-28-26-24-22-20-18-16-14-12-10-8-6-4-2/h11,13,17-20,46H,3-10,12,14-16,21-44H2,1-2H3/b13-11-,19-17-,20-18-. The number of morpholine rings is 1. The second kappa shape index (κ2) is 40.7. The van der Waals surface area contributed by atoms with Crippen molar-refractivity contribution in [2.45, 2.75) is 206 Å². The Balaban J connectivity index is 2.27. The fourth-order valence-electron chi connectivity index (χ4n) is 6.75. The molecule has 1 unspecified atom stereocenters. The fourth-order valence-corrected chi connectivity index (χ4v) is 6.75. The maximum atomic E-state index is 13.0. The molecule has 0 spiro atoms. The quantitative estimate of drug-likeness (QED) is 0.0200. The number of carbonyl (C=O) groups is 3. The van der Waals surface area contributed by atoms with Gasteiger partial charge in [-0.2, -0.15) is 0 Å². The molecule has 0 aromatic rings. The number of esters is 3. The van der Waals surface area contributed by atoms with Crippen LogP contribution in [0.4, 0.5) is 0 Å². The molecular formula is C48H85NO7. The third-order valence-corrected chi connectivity index (χ3v) is 10.4. The van der Waals surface area contributed by atoms with Crippen molar-refractivity contribution in [3.8, 4) is 0 Å². The Labute approximate surface area is 344 Å². The highest BCUT2D eigenvalue weighted by Gasteiger charge is 2.34.